The molecular weight excluding hydrogens is 527 g/mol. The maximum atomic E-state index is 14.2. The lowest BCUT2D eigenvalue weighted by Crippen LogP contribution is -2.50. The van der Waals surface area contributed by atoms with Crippen molar-refractivity contribution in [2.24, 2.45) is 0 Å². The number of anilines is 2. The van der Waals surface area contributed by atoms with Crippen LogP contribution >= 0.6 is 11.6 Å². The van der Waals surface area contributed by atoms with Gasteiger partial charge in [0.25, 0.3) is 11.8 Å². The average molecular weight is 555 g/mol. The van der Waals surface area contributed by atoms with Gasteiger partial charge in [-0.2, -0.15) is 4.98 Å². The fraction of sp³-hybridized carbons (Fsp3) is 0.333. The summed E-state index contributed by atoms with van der Waals surface area (Å²) in [6.45, 7) is 3.12. The first kappa shape index (κ1) is 26.6. The number of nitrogens with zero attached hydrogens (tertiary/aromatic N) is 3. The first-order chi connectivity index (χ1) is 18.7. The van der Waals surface area contributed by atoms with E-state index >= 15 is 0 Å². The highest BCUT2D eigenvalue weighted by Crippen LogP contribution is 2.36. The molecule has 1 fully saturated rings. The second kappa shape index (κ2) is 11.0. The number of hydrogen-bond donors (Lipinski definition) is 3. The summed E-state index contributed by atoms with van der Waals surface area (Å²) in [6.07, 6.45) is 0.745. The maximum absolute atomic E-state index is 14.2. The van der Waals surface area contributed by atoms with Gasteiger partial charge in [0.1, 0.15) is 22.7 Å². The van der Waals surface area contributed by atoms with Gasteiger partial charge in [0, 0.05) is 25.7 Å². The SMILES string of the molecule is COc1cc(C(=O)N[C@H]2CCNC[C@H]2F)c(C)cc1Nc1ncc(Cl)c(Oc2cccc3c2C(=O)N(C)C3)n1. The van der Waals surface area contributed by atoms with Gasteiger partial charge in [-0.3, -0.25) is 9.59 Å². The molecule has 204 valence electrons. The van der Waals surface area contributed by atoms with Gasteiger partial charge in [-0.05, 0) is 49.2 Å². The van der Waals surface area contributed by atoms with Crippen molar-refractivity contribution < 1.29 is 23.5 Å². The van der Waals surface area contributed by atoms with Crippen LogP contribution in [0, 0.1) is 6.92 Å². The van der Waals surface area contributed by atoms with E-state index in [4.69, 9.17) is 21.1 Å². The van der Waals surface area contributed by atoms with Crippen molar-refractivity contribution in [3.63, 3.8) is 0 Å². The van der Waals surface area contributed by atoms with Crippen molar-refractivity contribution >= 4 is 35.1 Å². The van der Waals surface area contributed by atoms with E-state index in [1.807, 2.05) is 6.07 Å². The van der Waals surface area contributed by atoms with Crippen LogP contribution in [-0.2, 0) is 6.54 Å². The van der Waals surface area contributed by atoms with Gasteiger partial charge < -0.3 is 30.3 Å². The van der Waals surface area contributed by atoms with Crippen LogP contribution in [0.2, 0.25) is 5.02 Å². The van der Waals surface area contributed by atoms with Gasteiger partial charge >= 0.3 is 0 Å². The minimum absolute atomic E-state index is 0.0688. The van der Waals surface area contributed by atoms with Crippen LogP contribution in [0.3, 0.4) is 0 Å². The van der Waals surface area contributed by atoms with E-state index in [0.29, 0.717) is 53.4 Å². The van der Waals surface area contributed by atoms with Crippen molar-refractivity contribution in [1.82, 2.24) is 25.5 Å². The van der Waals surface area contributed by atoms with Gasteiger partial charge in [-0.1, -0.05) is 23.7 Å². The Bertz CT molecular complexity index is 1440. The van der Waals surface area contributed by atoms with Crippen molar-refractivity contribution in [1.29, 1.82) is 0 Å². The molecular formula is C27H28ClFN6O4. The molecule has 2 amide bonds. The Morgan fingerprint density at radius 3 is 2.87 bits per heavy atom. The number of rotatable bonds is 7. The lowest BCUT2D eigenvalue weighted by atomic mass is 10.0. The van der Waals surface area contributed by atoms with E-state index in [9.17, 15) is 14.0 Å². The van der Waals surface area contributed by atoms with Gasteiger partial charge in [0.2, 0.25) is 11.8 Å². The molecule has 0 radical (unpaired) electrons. The number of benzene rings is 2. The van der Waals surface area contributed by atoms with Crippen LogP contribution in [0.1, 0.15) is 38.3 Å². The Morgan fingerprint density at radius 1 is 1.28 bits per heavy atom. The topological polar surface area (TPSA) is 118 Å². The number of nitrogens with one attached hydrogen (secondary N) is 3. The quantitative estimate of drug-likeness (QED) is 0.401. The third kappa shape index (κ3) is 5.45. The van der Waals surface area contributed by atoms with Crippen LogP contribution in [0.5, 0.6) is 17.4 Å². The first-order valence-electron chi connectivity index (χ1n) is 12.4. The summed E-state index contributed by atoms with van der Waals surface area (Å²) in [5, 5.41) is 9.01. The van der Waals surface area contributed by atoms with E-state index in [-0.39, 0.29) is 35.2 Å². The molecule has 5 rings (SSSR count). The zero-order chi connectivity index (χ0) is 27.7. The molecule has 0 spiro atoms. The predicted octanol–water partition coefficient (Wildman–Crippen LogP) is 4.00. The molecule has 2 aromatic carbocycles. The molecule has 1 aromatic heterocycles. The molecule has 2 aliphatic heterocycles. The highest BCUT2D eigenvalue weighted by Gasteiger charge is 2.29. The van der Waals surface area contributed by atoms with Crippen molar-refractivity contribution in [3.8, 4) is 17.4 Å². The number of piperidine rings is 1. The van der Waals surface area contributed by atoms with Crippen molar-refractivity contribution in [2.45, 2.75) is 32.1 Å². The number of aryl methyl sites for hydroxylation is 1. The number of alkyl halides is 1. The van der Waals surface area contributed by atoms with Crippen LogP contribution in [0.25, 0.3) is 0 Å². The smallest absolute Gasteiger partial charge is 0.258 e. The number of fused-ring (bicyclic) bond motifs is 1. The maximum Gasteiger partial charge on any atom is 0.258 e. The summed E-state index contributed by atoms with van der Waals surface area (Å²) >= 11 is 6.32. The molecule has 3 aromatic rings. The van der Waals surface area contributed by atoms with E-state index in [1.54, 1.807) is 43.1 Å². The molecule has 3 N–H and O–H groups in total. The van der Waals surface area contributed by atoms with Crippen LogP contribution in [0.4, 0.5) is 16.0 Å². The fourth-order valence-corrected chi connectivity index (χ4v) is 4.82. The summed E-state index contributed by atoms with van der Waals surface area (Å²) in [4.78, 5) is 35.8. The van der Waals surface area contributed by atoms with Gasteiger partial charge in [-0.25, -0.2) is 9.37 Å². The second-order valence-corrected chi connectivity index (χ2v) is 9.89. The molecule has 10 nitrogen and oxygen atoms in total. The number of halogens is 2. The summed E-state index contributed by atoms with van der Waals surface area (Å²) in [6, 6.07) is 8.12. The Balaban J connectivity index is 1.37. The Labute approximate surface area is 229 Å². The lowest BCUT2D eigenvalue weighted by Gasteiger charge is -2.27. The first-order valence-corrected chi connectivity index (χ1v) is 12.8. The largest absolute Gasteiger partial charge is 0.495 e. The van der Waals surface area contributed by atoms with E-state index in [1.165, 1.54) is 13.3 Å². The fourth-order valence-electron chi connectivity index (χ4n) is 4.69. The van der Waals surface area contributed by atoms with E-state index in [2.05, 4.69) is 25.9 Å². The minimum Gasteiger partial charge on any atom is -0.495 e. The highest BCUT2D eigenvalue weighted by molar-refractivity contribution is 6.31. The van der Waals surface area contributed by atoms with E-state index in [0.717, 1.165) is 5.56 Å². The summed E-state index contributed by atoms with van der Waals surface area (Å²) in [7, 11) is 3.20. The lowest BCUT2D eigenvalue weighted by molar-refractivity contribution is 0.0814. The molecule has 0 aliphatic carbocycles. The van der Waals surface area contributed by atoms with Crippen molar-refractivity contribution in [2.75, 3.05) is 32.6 Å². The second-order valence-electron chi connectivity index (χ2n) is 9.48. The number of carbonyl (C=O) groups is 2. The molecule has 39 heavy (non-hydrogen) atoms. The summed E-state index contributed by atoms with van der Waals surface area (Å²) < 4.78 is 25.7. The van der Waals surface area contributed by atoms with Gasteiger partial charge in [0.15, 0.2) is 0 Å². The molecule has 3 heterocycles. The molecule has 0 saturated carbocycles. The molecule has 2 atom stereocenters. The number of ether oxygens (including phenoxy) is 2. The number of carbonyl (C=O) groups excluding carboxylic acids is 2. The Morgan fingerprint density at radius 2 is 2.10 bits per heavy atom. The van der Waals surface area contributed by atoms with Crippen LogP contribution < -0.4 is 25.4 Å². The molecule has 12 heteroatoms. The zero-order valence-electron chi connectivity index (χ0n) is 21.7. The van der Waals surface area contributed by atoms with Crippen LogP contribution in [0.15, 0.2) is 36.5 Å². The van der Waals surface area contributed by atoms with Gasteiger partial charge in [0.05, 0.1) is 30.6 Å². The number of methoxy groups -OCH3 is 1. The van der Waals surface area contributed by atoms with Crippen LogP contribution in [-0.4, -0.2) is 66.1 Å². The highest BCUT2D eigenvalue weighted by atomic mass is 35.5. The van der Waals surface area contributed by atoms with Crippen molar-refractivity contribution in [3.05, 3.63) is 63.8 Å². The Hall–Kier alpha value is -3.96. The minimum atomic E-state index is -1.15. The Kier molecular flexibility index (Phi) is 7.53. The average Bonchev–Trinajstić information content (AvgIpc) is 3.21. The zero-order valence-corrected chi connectivity index (χ0v) is 22.4. The third-order valence-electron chi connectivity index (χ3n) is 6.76. The summed E-state index contributed by atoms with van der Waals surface area (Å²) in [5.74, 6) is 0.427. The number of hydrogen-bond acceptors (Lipinski definition) is 8. The molecule has 0 bridgehead atoms. The normalized spacial score (nSPS) is 18.5. The molecule has 2 aliphatic rings. The predicted molar refractivity (Wildman–Crippen MR) is 144 cm³/mol. The summed E-state index contributed by atoms with van der Waals surface area (Å²) in [5.41, 5.74) is 2.85. The monoisotopic (exact) mass is 554 g/mol. The number of aromatic nitrogens is 2. The third-order valence-corrected chi connectivity index (χ3v) is 7.02. The van der Waals surface area contributed by atoms with E-state index < -0.39 is 12.2 Å². The molecule has 0 unspecified atom stereocenters. The number of amides is 2. The van der Waals surface area contributed by atoms with Gasteiger partial charge in [-0.15, -0.1) is 0 Å². The standard InChI is InChI=1S/C27H28ClFN6O4/c1-14-9-20(22(38-3)10-16(14)24(36)32-19-7-8-30-12-18(19)29)33-27-31-11-17(28)25(34-27)39-21-6-4-5-15-13-35(2)26(37)23(15)21/h4-6,9-11,18-19,30H,7-8,12-13H2,1-3H3,(H,32,36)(H,31,33,34)/t18-,19+/m1/s1. The molecule has 1 saturated heterocycles.